The number of amides is 1. The Morgan fingerprint density at radius 3 is 2.56 bits per heavy atom. The number of nitrogens with zero attached hydrogens (tertiary/aromatic N) is 5. The molecule has 2 atom stereocenters. The lowest BCUT2D eigenvalue weighted by Gasteiger charge is -2.32. The van der Waals surface area contributed by atoms with Gasteiger partial charge in [-0.3, -0.25) is 14.3 Å². The Bertz CT molecular complexity index is 1110. The maximum atomic E-state index is 13.9. The number of likely N-dealkylation sites (tertiary alicyclic amines) is 1. The molecule has 4 heterocycles. The van der Waals surface area contributed by atoms with Crippen LogP contribution in [0.25, 0.3) is 0 Å². The number of aromatic nitrogens is 4. The van der Waals surface area contributed by atoms with E-state index < -0.39 is 85.3 Å². The minimum absolute atomic E-state index is 0.359. The van der Waals surface area contributed by atoms with Gasteiger partial charge < -0.3 is 4.90 Å². The molecule has 0 saturated carbocycles. The zero-order chi connectivity index (χ0) is 23.4. The number of hydrogen-bond acceptors (Lipinski definition) is 4. The normalized spacial score (nSPS) is 22.8. The van der Waals surface area contributed by atoms with Crippen molar-refractivity contribution >= 4 is 5.91 Å². The molecule has 0 aliphatic carbocycles. The lowest BCUT2D eigenvalue weighted by molar-refractivity contribution is -0.183. The number of rotatable bonds is 3. The van der Waals surface area contributed by atoms with Gasteiger partial charge in [0.15, 0.2) is 0 Å². The van der Waals surface area contributed by atoms with Crippen LogP contribution < -0.4 is 5.69 Å². The van der Waals surface area contributed by atoms with Crippen LogP contribution in [0.2, 0.25) is 0 Å². The number of alkyl halides is 5. The molecule has 0 bridgehead atoms. The Morgan fingerprint density at radius 2 is 1.97 bits per heavy atom. The molecule has 14 heteroatoms. The third kappa shape index (κ3) is 4.09. The fourth-order valence-corrected chi connectivity index (χ4v) is 4.00. The van der Waals surface area contributed by atoms with Crippen molar-refractivity contribution in [3.8, 4) is 0 Å². The van der Waals surface area contributed by atoms with Gasteiger partial charge >= 0.3 is 11.9 Å². The first-order valence-electron chi connectivity index (χ1n) is 9.57. The second-order valence-corrected chi connectivity index (χ2v) is 7.87. The van der Waals surface area contributed by atoms with Crippen molar-refractivity contribution in [2.24, 2.45) is 5.92 Å². The minimum atomic E-state index is -4.72. The Labute approximate surface area is 175 Å². The van der Waals surface area contributed by atoms with E-state index in [1.807, 2.05) is 0 Å². The number of pyridine rings is 1. The van der Waals surface area contributed by atoms with Gasteiger partial charge in [0, 0.05) is 25.5 Å². The highest BCUT2D eigenvalue weighted by atomic mass is 19.4. The molecular formula is C18H16F7N5O2. The summed E-state index contributed by atoms with van der Waals surface area (Å²) in [4.78, 5) is 29.9. The van der Waals surface area contributed by atoms with Gasteiger partial charge in [-0.2, -0.15) is 18.3 Å². The molecule has 0 radical (unpaired) electrons. The molecular weight excluding hydrogens is 451 g/mol. The van der Waals surface area contributed by atoms with Crippen LogP contribution in [0.15, 0.2) is 17.1 Å². The Morgan fingerprint density at radius 1 is 1.25 bits per heavy atom. The number of hydrogen-bond donors (Lipinski definition) is 0. The molecule has 2 aliphatic rings. The lowest BCUT2D eigenvalue weighted by atomic mass is 9.91. The second-order valence-electron chi connectivity index (χ2n) is 7.87. The van der Waals surface area contributed by atoms with Gasteiger partial charge in [-0.15, -0.1) is 0 Å². The highest BCUT2D eigenvalue weighted by Crippen LogP contribution is 2.40. The first kappa shape index (κ1) is 22.3. The molecule has 1 fully saturated rings. The molecule has 174 valence electrons. The molecule has 2 aliphatic heterocycles. The van der Waals surface area contributed by atoms with Crippen LogP contribution in [0.4, 0.5) is 30.7 Å². The highest BCUT2D eigenvalue weighted by Gasteiger charge is 2.50. The van der Waals surface area contributed by atoms with Crippen molar-refractivity contribution < 1.29 is 35.5 Å². The van der Waals surface area contributed by atoms with E-state index in [1.165, 1.54) is 0 Å². The van der Waals surface area contributed by atoms with Crippen LogP contribution in [-0.2, 0) is 17.8 Å². The molecule has 2 aromatic rings. The van der Waals surface area contributed by atoms with E-state index in [9.17, 15) is 40.3 Å². The number of carbonyl (C=O) groups excluding carboxylic acids is 1. The van der Waals surface area contributed by atoms with Crippen LogP contribution in [0, 0.1) is 17.6 Å². The summed E-state index contributed by atoms with van der Waals surface area (Å²) in [6.07, 6.45) is -6.19. The van der Waals surface area contributed by atoms with Crippen molar-refractivity contribution in [3.05, 3.63) is 45.9 Å². The Kier molecular flexibility index (Phi) is 5.28. The van der Waals surface area contributed by atoms with Gasteiger partial charge in [-0.25, -0.2) is 27.0 Å². The van der Waals surface area contributed by atoms with Crippen LogP contribution in [0.3, 0.4) is 0 Å². The smallest absolute Gasteiger partial charge is 0.335 e. The maximum Gasteiger partial charge on any atom is 0.392 e. The molecule has 4 rings (SSSR count). The van der Waals surface area contributed by atoms with Crippen LogP contribution >= 0.6 is 0 Å². The molecule has 0 spiro atoms. The molecule has 7 nitrogen and oxygen atoms in total. The van der Waals surface area contributed by atoms with Crippen LogP contribution in [-0.4, -0.2) is 55.3 Å². The maximum absolute atomic E-state index is 13.9. The van der Waals surface area contributed by atoms with E-state index in [4.69, 9.17) is 0 Å². The number of halogens is 7. The average Bonchev–Trinajstić information content (AvgIpc) is 3.21. The summed E-state index contributed by atoms with van der Waals surface area (Å²) in [6.45, 7) is -1.94. The third-order valence-electron chi connectivity index (χ3n) is 5.60. The van der Waals surface area contributed by atoms with Crippen LogP contribution in [0.5, 0.6) is 0 Å². The van der Waals surface area contributed by atoms with Gasteiger partial charge in [0.2, 0.25) is 5.91 Å². The van der Waals surface area contributed by atoms with Gasteiger partial charge in [0.25, 0.3) is 5.92 Å². The van der Waals surface area contributed by atoms with Gasteiger partial charge in [0.1, 0.15) is 23.5 Å². The zero-order valence-corrected chi connectivity index (χ0v) is 16.3. The van der Waals surface area contributed by atoms with Gasteiger partial charge in [0.05, 0.1) is 30.9 Å². The molecule has 1 amide bonds. The zero-order valence-electron chi connectivity index (χ0n) is 16.3. The summed E-state index contributed by atoms with van der Waals surface area (Å²) < 4.78 is 95.8. The lowest BCUT2D eigenvalue weighted by Crippen LogP contribution is -2.46. The molecule has 1 saturated heterocycles. The quantitative estimate of drug-likeness (QED) is 0.650. The number of carbonyl (C=O) groups is 1. The predicted molar refractivity (Wildman–Crippen MR) is 92.8 cm³/mol. The highest BCUT2D eigenvalue weighted by molar-refractivity contribution is 5.81. The van der Waals surface area contributed by atoms with E-state index in [2.05, 4.69) is 10.1 Å². The van der Waals surface area contributed by atoms with E-state index in [1.54, 1.807) is 0 Å². The standard InChI is InChI=1S/C18H16F7N5O2/c19-10-5-11(20)12(26-6-10)7-29-16(32)30-13(15(31)28-2-1-17(21,22)8-28)3-9(18(23,24)25)4-14(30)27-29/h5-6,9,13H,1-4,7-8H2. The summed E-state index contributed by atoms with van der Waals surface area (Å²) in [5.41, 5.74) is -1.41. The minimum Gasteiger partial charge on any atom is -0.335 e. The van der Waals surface area contributed by atoms with E-state index in [0.29, 0.717) is 16.9 Å². The first-order valence-corrected chi connectivity index (χ1v) is 9.57. The third-order valence-corrected chi connectivity index (χ3v) is 5.60. The van der Waals surface area contributed by atoms with Crippen molar-refractivity contribution in [2.45, 2.75) is 43.9 Å². The second kappa shape index (κ2) is 7.59. The molecule has 32 heavy (non-hydrogen) atoms. The van der Waals surface area contributed by atoms with Crippen LogP contribution in [0.1, 0.15) is 30.4 Å². The fourth-order valence-electron chi connectivity index (χ4n) is 4.00. The van der Waals surface area contributed by atoms with Crippen molar-refractivity contribution in [1.29, 1.82) is 0 Å². The van der Waals surface area contributed by atoms with Gasteiger partial charge in [-0.1, -0.05) is 0 Å². The Balaban J connectivity index is 1.71. The predicted octanol–water partition coefficient (Wildman–Crippen LogP) is 2.30. The summed E-state index contributed by atoms with van der Waals surface area (Å²) in [7, 11) is 0. The summed E-state index contributed by atoms with van der Waals surface area (Å²) >= 11 is 0. The molecule has 2 unspecified atom stereocenters. The molecule has 0 aromatic carbocycles. The first-order chi connectivity index (χ1) is 14.9. The van der Waals surface area contributed by atoms with E-state index in [0.717, 1.165) is 9.47 Å². The molecule has 2 aromatic heterocycles. The summed E-state index contributed by atoms with van der Waals surface area (Å²) in [6, 6.07) is -1.17. The summed E-state index contributed by atoms with van der Waals surface area (Å²) in [5.74, 6) is -8.67. The van der Waals surface area contributed by atoms with Crippen molar-refractivity contribution in [1.82, 2.24) is 24.2 Å². The summed E-state index contributed by atoms with van der Waals surface area (Å²) in [5, 5.41) is 3.81. The van der Waals surface area contributed by atoms with Gasteiger partial charge in [-0.05, 0) is 6.42 Å². The molecule has 0 N–H and O–H groups in total. The number of fused-ring (bicyclic) bond motifs is 1. The Hall–Kier alpha value is -2.93. The van der Waals surface area contributed by atoms with E-state index >= 15 is 0 Å². The fraction of sp³-hybridized carbons (Fsp3) is 0.556. The van der Waals surface area contributed by atoms with Crippen molar-refractivity contribution in [3.63, 3.8) is 0 Å². The monoisotopic (exact) mass is 467 g/mol. The largest absolute Gasteiger partial charge is 0.392 e. The average molecular weight is 467 g/mol. The van der Waals surface area contributed by atoms with E-state index in [-0.39, 0.29) is 12.4 Å². The van der Waals surface area contributed by atoms with Crippen molar-refractivity contribution in [2.75, 3.05) is 13.1 Å². The topological polar surface area (TPSA) is 73.0 Å². The SMILES string of the molecule is O=C(C1CC(C(F)(F)F)Cc2nn(Cc3ncc(F)cc3F)c(=O)n21)N1CCC(F)(F)C1.